The van der Waals surface area contributed by atoms with Gasteiger partial charge < -0.3 is 46.8 Å². The van der Waals surface area contributed by atoms with Crippen molar-refractivity contribution in [3.8, 4) is 0 Å². The molecule has 0 bridgehead atoms. The Hall–Kier alpha value is -5.95. The first-order valence-electron chi connectivity index (χ1n) is 32.8. The van der Waals surface area contributed by atoms with E-state index in [0.29, 0.717) is 36.2 Å². The van der Waals surface area contributed by atoms with Gasteiger partial charge in [-0.2, -0.15) is 0 Å². The number of cyclic esters (lactones) is 1. The third-order valence-corrected chi connectivity index (χ3v) is 23.8. The maximum Gasteiger partial charge on any atom is 0.339 e. The lowest BCUT2D eigenvalue weighted by atomic mass is 9.94. The second-order valence-corrected chi connectivity index (χ2v) is 36.9. The summed E-state index contributed by atoms with van der Waals surface area (Å²) in [6.07, 6.45) is 18.2. The van der Waals surface area contributed by atoms with E-state index < -0.39 is 40.2 Å². The fourth-order valence-corrected chi connectivity index (χ4v) is 17.5. The normalized spacial score (nSPS) is 23.8. The number of carbonyl (C=O) groups excluding carboxylic acids is 2. The van der Waals surface area contributed by atoms with Crippen molar-refractivity contribution < 1.29 is 59.1 Å². The smallest absolute Gasteiger partial charge is 0.339 e. The molecule has 0 spiro atoms. The van der Waals surface area contributed by atoms with Crippen molar-refractivity contribution in [3.05, 3.63) is 167 Å². The summed E-state index contributed by atoms with van der Waals surface area (Å²) in [5, 5.41) is 15.0. The third-order valence-electron chi connectivity index (χ3n) is 17.0. The lowest BCUT2D eigenvalue weighted by Gasteiger charge is -2.45. The average molecular weight is 1240 g/mol. The number of furan rings is 2. The van der Waals surface area contributed by atoms with Crippen LogP contribution in [0.2, 0.25) is 30.7 Å². The summed E-state index contributed by atoms with van der Waals surface area (Å²) < 4.78 is 67.0. The standard InChI is InChI=1S/C47H64O6Si2.C25H30O6.2CH4/c1-33(36(4)53-55(46(5,6)7,37-20-15-13-16-21-37)38-22-17-14-18-23-38)26-27-34(2)44-41(51-47(8,9)52-44)25-19-24-40-39-28-29-49-42(39)32-35(3)43(40)45(48)50-30-31-54(10,11)12;1-14-9-10-19(26)23-20(30-25(4,5)31-23)8-6-7-18-17-11-12-28-21(17)13-15(2)22(18)24(27)29-16(14)3;;/h13-24,26-29,32-34,36,41,44H,25,30-31H2,1-12H3;6-7,9-14,16,19-20,23,26H,8H2,1-5H3;2*1H4/b24-19+,27-26-;7-6?,10-9-;;/t33-,34?,36+,41+,44-;14-,16+,19?,20+,23-;;/m11../s1/i;;2*1T. The second-order valence-electron chi connectivity index (χ2n) is 27.1. The topological polar surface area (TPSA) is 145 Å². The van der Waals surface area contributed by atoms with Crippen LogP contribution in [0.4, 0.5) is 0 Å². The number of aliphatic hydroxyl groups is 1. The Labute approximate surface area is 530 Å². The maximum atomic E-state index is 13.5. The van der Waals surface area contributed by atoms with E-state index in [9.17, 15) is 14.7 Å². The molecule has 0 amide bonds. The number of hydrogen-bond donors (Lipinski definition) is 1. The van der Waals surface area contributed by atoms with E-state index in [0.717, 1.165) is 44.7 Å². The molecule has 14 heteroatoms. The Balaban J connectivity index is 0.000000310. The van der Waals surface area contributed by atoms with Gasteiger partial charge in [0.05, 0.1) is 48.6 Å². The summed E-state index contributed by atoms with van der Waals surface area (Å²) in [4.78, 5) is 26.6. The zero-order valence-corrected chi connectivity index (χ0v) is 57.9. The van der Waals surface area contributed by atoms with Gasteiger partial charge in [-0.25, -0.2) is 9.59 Å². The van der Waals surface area contributed by atoms with Crippen LogP contribution in [0, 0.1) is 31.6 Å². The van der Waals surface area contributed by atoms with Crippen LogP contribution < -0.4 is 10.4 Å². The van der Waals surface area contributed by atoms with Gasteiger partial charge in [0.2, 0.25) is 0 Å². The highest BCUT2D eigenvalue weighted by molar-refractivity contribution is 6.99. The number of aryl methyl sites for hydroxylation is 2. The monoisotopic (exact) mass is 1240 g/mol. The molecule has 2 saturated heterocycles. The Morgan fingerprint density at radius 1 is 0.807 bits per heavy atom. The van der Waals surface area contributed by atoms with Gasteiger partial charge in [0.15, 0.2) is 11.6 Å². The zero-order chi connectivity index (χ0) is 66.5. The molecular formula is C74H102O12Si2. The van der Waals surface area contributed by atoms with Gasteiger partial charge in [-0.15, -0.1) is 0 Å². The molecule has 478 valence electrons. The minimum absolute atomic E-state index is 0.0313. The molecule has 4 aromatic carbocycles. The molecule has 3 aliphatic rings. The first kappa shape index (κ1) is 68.0. The number of fused-ring (bicyclic) bond motifs is 5. The summed E-state index contributed by atoms with van der Waals surface area (Å²) in [6, 6.07) is 30.1. The Morgan fingerprint density at radius 2 is 1.40 bits per heavy atom. The largest absolute Gasteiger partial charge is 0.464 e. The predicted octanol–water partition coefficient (Wildman–Crippen LogP) is 17.0. The number of benzene rings is 4. The first-order chi connectivity index (χ1) is 42.5. The molecule has 0 saturated carbocycles. The predicted molar refractivity (Wildman–Crippen MR) is 364 cm³/mol. The van der Waals surface area contributed by atoms with Gasteiger partial charge in [0.25, 0.3) is 8.32 Å². The molecule has 5 heterocycles. The zero-order valence-electron chi connectivity index (χ0n) is 57.9. The summed E-state index contributed by atoms with van der Waals surface area (Å²) in [5.74, 6) is -2.02. The minimum atomic E-state index is -2.69. The Bertz CT molecular complexity index is 3370. The van der Waals surface area contributed by atoms with Crippen molar-refractivity contribution in [2.24, 2.45) is 17.8 Å². The molecule has 2 aromatic heterocycles. The number of hydrogen-bond acceptors (Lipinski definition) is 12. The van der Waals surface area contributed by atoms with E-state index in [4.69, 9.17) is 44.4 Å². The lowest BCUT2D eigenvalue weighted by molar-refractivity contribution is -0.152. The molecule has 10 atom stereocenters. The average Bonchev–Trinajstić information content (AvgIpc) is 1.09. The summed E-state index contributed by atoms with van der Waals surface area (Å²) >= 11 is 0. The van der Waals surface area contributed by atoms with Crippen LogP contribution >= 0.6 is 0 Å². The van der Waals surface area contributed by atoms with Crippen LogP contribution in [0.1, 0.15) is 156 Å². The SMILES string of the molecule is Cc1cc2occc2c(/C=C/C[C@@H]2OC(C)(C)O[C@@H]2C(C)/C=C\[C@@H](C)[C@H](C)O[Si](c2ccccc2)(c2ccccc2)C(C)(C)C)c1C(=O)OCC[Si](C)(C)C.Cc1cc2occc2c2c1C(=O)O[C@@H](C)[C@H](C)/C=C\C(O)[C@H]1OC(C)(C)O[C@H]1CC=C2.[3H]C.[3H]C. The number of aliphatic hydroxyl groups excluding tert-OH is 1. The van der Waals surface area contributed by atoms with Crippen LogP contribution in [0.15, 0.2) is 143 Å². The van der Waals surface area contributed by atoms with Crippen LogP contribution in [0.5, 0.6) is 0 Å². The molecular weight excluding hydrogens is 1140 g/mol. The van der Waals surface area contributed by atoms with Crippen molar-refractivity contribution in [1.82, 2.24) is 0 Å². The van der Waals surface area contributed by atoms with E-state index >= 15 is 0 Å². The van der Waals surface area contributed by atoms with Gasteiger partial charge in [0.1, 0.15) is 29.5 Å². The Kier molecular flexibility index (Phi) is 22.7. The molecule has 0 radical (unpaired) electrons. The highest BCUT2D eigenvalue weighted by atomic mass is 28.4. The van der Waals surface area contributed by atoms with E-state index in [1.165, 1.54) is 25.2 Å². The quantitative estimate of drug-likeness (QED) is 0.0593. The highest BCUT2D eigenvalue weighted by Crippen LogP contribution is 2.40. The van der Waals surface area contributed by atoms with Crippen molar-refractivity contribution in [2.45, 2.75) is 210 Å². The number of carbonyl (C=O) groups is 2. The van der Waals surface area contributed by atoms with Gasteiger partial charge >= 0.3 is 11.9 Å². The van der Waals surface area contributed by atoms with Crippen LogP contribution in [-0.4, -0.2) is 94.3 Å². The highest BCUT2D eigenvalue weighted by Gasteiger charge is 2.51. The number of esters is 2. The molecule has 3 aliphatic heterocycles. The van der Waals surface area contributed by atoms with E-state index in [1.54, 1.807) is 18.6 Å². The first-order valence-corrected chi connectivity index (χ1v) is 36.4. The number of ether oxygens (including phenoxy) is 6. The van der Waals surface area contributed by atoms with E-state index in [2.05, 4.69) is 140 Å². The molecule has 9 rings (SSSR count). The van der Waals surface area contributed by atoms with Gasteiger partial charge in [-0.3, -0.25) is 0 Å². The van der Waals surface area contributed by atoms with Crippen LogP contribution in [0.3, 0.4) is 0 Å². The third kappa shape index (κ3) is 16.7. The van der Waals surface area contributed by atoms with Gasteiger partial charge in [0, 0.05) is 39.5 Å². The fraction of sp³-hybridized carbons (Fsp3) is 0.486. The van der Waals surface area contributed by atoms with Crippen molar-refractivity contribution in [2.75, 3.05) is 6.61 Å². The van der Waals surface area contributed by atoms with Gasteiger partial charge in [-0.05, 0) is 142 Å². The van der Waals surface area contributed by atoms with Crippen LogP contribution in [0.25, 0.3) is 34.1 Å². The molecule has 6 aromatic rings. The molecule has 0 aliphatic carbocycles. The summed E-state index contributed by atoms with van der Waals surface area (Å²) in [6.45, 7) is 36.2. The fourth-order valence-electron chi connectivity index (χ4n) is 12.0. The molecule has 88 heavy (non-hydrogen) atoms. The summed E-state index contributed by atoms with van der Waals surface area (Å²) in [7, 11) is -1.54. The van der Waals surface area contributed by atoms with Crippen LogP contribution in [-0.2, 0) is 32.8 Å². The Morgan fingerprint density at radius 3 is 2.01 bits per heavy atom. The molecule has 12 nitrogen and oxygen atoms in total. The molecule has 2 unspecified atom stereocenters. The number of rotatable bonds is 15. The van der Waals surface area contributed by atoms with Gasteiger partial charge in [-0.1, -0.05) is 185 Å². The molecule has 1 N–H and O–H groups in total. The van der Waals surface area contributed by atoms with Crippen molar-refractivity contribution in [3.63, 3.8) is 0 Å². The van der Waals surface area contributed by atoms with Crippen molar-refractivity contribution >= 4 is 72.8 Å². The maximum absolute atomic E-state index is 13.5. The minimum Gasteiger partial charge on any atom is -0.464 e. The van der Waals surface area contributed by atoms with E-state index in [1.807, 2.05) is 104 Å². The lowest BCUT2D eigenvalue weighted by Crippen LogP contribution is -2.67. The second kappa shape index (κ2) is 29.3. The van der Waals surface area contributed by atoms with Crippen molar-refractivity contribution in [1.29, 1.82) is 0 Å². The van der Waals surface area contributed by atoms with E-state index in [-0.39, 0.29) is 65.3 Å². The molecule has 2 fully saturated rings. The summed E-state index contributed by atoms with van der Waals surface area (Å²) in [5.41, 5.74) is 5.78.